The van der Waals surface area contributed by atoms with Crippen LogP contribution in [-0.4, -0.2) is 34.8 Å². The minimum atomic E-state index is -3.79. The molecule has 0 saturated heterocycles. The Kier molecular flexibility index (Phi) is 7.91. The number of nitrogens with zero attached hydrogens (tertiary/aromatic N) is 1. The number of benzene rings is 3. The van der Waals surface area contributed by atoms with E-state index in [1.54, 1.807) is 61.5 Å². The molecule has 3 aromatic rings. The third-order valence-electron chi connectivity index (χ3n) is 4.98. The van der Waals surface area contributed by atoms with Crippen molar-refractivity contribution in [2.24, 2.45) is 5.10 Å². The van der Waals surface area contributed by atoms with Crippen molar-refractivity contribution in [3.63, 3.8) is 0 Å². The lowest BCUT2D eigenvalue weighted by Crippen LogP contribution is -2.19. The van der Waals surface area contributed by atoms with Gasteiger partial charge >= 0.3 is 5.97 Å². The Bertz CT molecular complexity index is 1300. The normalized spacial score (nSPS) is 11.3. The van der Waals surface area contributed by atoms with Gasteiger partial charge in [-0.1, -0.05) is 24.3 Å². The monoisotopic (exact) mass is 482 g/mol. The molecule has 0 radical (unpaired) electrons. The molecule has 0 heterocycles. The van der Waals surface area contributed by atoms with E-state index >= 15 is 0 Å². The summed E-state index contributed by atoms with van der Waals surface area (Å²) < 4.78 is 41.1. The van der Waals surface area contributed by atoms with Crippen molar-refractivity contribution in [3.8, 4) is 11.5 Å². The molecule has 0 bridgehead atoms. The second kappa shape index (κ2) is 10.8. The summed E-state index contributed by atoms with van der Waals surface area (Å²) in [4.78, 5) is 14.0. The standard InChI is InChI=1S/C25H26N2O6S/c1-17-5-6-18(2)24(13-17)34(29,30)27-26-15-20-9-12-22(23(14-20)31-3)33-16-19-7-10-21(11-8-19)25(28)32-4/h5-15,27H,16H2,1-4H3. The maximum atomic E-state index is 12.6. The molecule has 0 aliphatic carbocycles. The number of carbonyl (C=O) groups excluding carboxylic acids is 1. The summed E-state index contributed by atoms with van der Waals surface area (Å²) in [5, 5.41) is 3.89. The maximum absolute atomic E-state index is 12.6. The Hall–Kier alpha value is -3.85. The molecular formula is C25H26N2O6S. The zero-order chi connectivity index (χ0) is 24.7. The van der Waals surface area contributed by atoms with Crippen molar-refractivity contribution in [1.29, 1.82) is 0 Å². The fraction of sp³-hybridized carbons (Fsp3) is 0.200. The molecule has 0 aromatic heterocycles. The Morgan fingerprint density at radius 3 is 2.38 bits per heavy atom. The molecule has 0 amide bonds. The van der Waals surface area contributed by atoms with Gasteiger partial charge in [-0.05, 0) is 72.5 Å². The maximum Gasteiger partial charge on any atom is 0.337 e. The fourth-order valence-electron chi connectivity index (χ4n) is 3.12. The molecule has 3 aromatic carbocycles. The summed E-state index contributed by atoms with van der Waals surface area (Å²) in [6.45, 7) is 3.82. The van der Waals surface area contributed by atoms with Crippen molar-refractivity contribution in [2.45, 2.75) is 25.3 Å². The molecule has 3 rings (SSSR count). The van der Waals surface area contributed by atoms with E-state index in [0.717, 1.165) is 11.1 Å². The van der Waals surface area contributed by atoms with Crippen LogP contribution in [0.4, 0.5) is 0 Å². The molecule has 8 nitrogen and oxygen atoms in total. The zero-order valence-electron chi connectivity index (χ0n) is 19.4. The quantitative estimate of drug-likeness (QED) is 0.281. The highest BCUT2D eigenvalue weighted by Crippen LogP contribution is 2.28. The lowest BCUT2D eigenvalue weighted by atomic mass is 10.1. The molecule has 0 saturated carbocycles. The van der Waals surface area contributed by atoms with E-state index in [1.807, 2.05) is 13.0 Å². The SMILES string of the molecule is COC(=O)c1ccc(COc2ccc(C=NNS(=O)(=O)c3cc(C)ccc3C)cc2OC)cc1. The van der Waals surface area contributed by atoms with Gasteiger partial charge in [-0.2, -0.15) is 13.5 Å². The fourth-order valence-corrected chi connectivity index (χ4v) is 4.24. The number of aryl methyl sites for hydroxylation is 2. The van der Waals surface area contributed by atoms with Crippen LogP contribution < -0.4 is 14.3 Å². The van der Waals surface area contributed by atoms with Crippen LogP contribution in [0.2, 0.25) is 0 Å². The van der Waals surface area contributed by atoms with Crippen LogP contribution in [-0.2, 0) is 21.4 Å². The first-order chi connectivity index (χ1) is 16.2. The highest BCUT2D eigenvalue weighted by Gasteiger charge is 2.16. The second-order valence-corrected chi connectivity index (χ2v) is 9.14. The third kappa shape index (κ3) is 6.14. The topological polar surface area (TPSA) is 103 Å². The van der Waals surface area contributed by atoms with Gasteiger partial charge in [-0.3, -0.25) is 0 Å². The number of hydrogen-bond acceptors (Lipinski definition) is 7. The van der Waals surface area contributed by atoms with Gasteiger partial charge in [0.1, 0.15) is 6.61 Å². The molecule has 34 heavy (non-hydrogen) atoms. The van der Waals surface area contributed by atoms with Gasteiger partial charge in [-0.25, -0.2) is 9.63 Å². The van der Waals surface area contributed by atoms with Gasteiger partial charge in [0.15, 0.2) is 11.5 Å². The average molecular weight is 483 g/mol. The lowest BCUT2D eigenvalue weighted by Gasteiger charge is -2.12. The molecule has 9 heteroatoms. The van der Waals surface area contributed by atoms with Crippen molar-refractivity contribution >= 4 is 22.2 Å². The highest BCUT2D eigenvalue weighted by molar-refractivity contribution is 7.89. The van der Waals surface area contributed by atoms with Crippen molar-refractivity contribution < 1.29 is 27.4 Å². The molecule has 0 unspecified atom stereocenters. The Morgan fingerprint density at radius 1 is 0.971 bits per heavy atom. The van der Waals surface area contributed by atoms with E-state index in [-0.39, 0.29) is 11.5 Å². The highest BCUT2D eigenvalue weighted by atomic mass is 32.2. The van der Waals surface area contributed by atoms with Crippen molar-refractivity contribution in [2.75, 3.05) is 14.2 Å². The molecular weight excluding hydrogens is 456 g/mol. The Labute approximate surface area is 199 Å². The predicted molar refractivity (Wildman–Crippen MR) is 129 cm³/mol. The first-order valence-electron chi connectivity index (χ1n) is 10.3. The Balaban J connectivity index is 1.67. The number of rotatable bonds is 9. The van der Waals surface area contributed by atoms with Gasteiger partial charge in [0.05, 0.1) is 30.9 Å². The van der Waals surface area contributed by atoms with Gasteiger partial charge in [-0.15, -0.1) is 0 Å². The van der Waals surface area contributed by atoms with E-state index in [2.05, 4.69) is 9.93 Å². The van der Waals surface area contributed by atoms with E-state index in [4.69, 9.17) is 14.2 Å². The van der Waals surface area contributed by atoms with Crippen LogP contribution in [0.3, 0.4) is 0 Å². The lowest BCUT2D eigenvalue weighted by molar-refractivity contribution is 0.0600. The van der Waals surface area contributed by atoms with E-state index in [0.29, 0.717) is 28.2 Å². The van der Waals surface area contributed by atoms with Crippen molar-refractivity contribution in [3.05, 3.63) is 88.5 Å². The average Bonchev–Trinajstić information content (AvgIpc) is 2.84. The molecule has 1 N–H and O–H groups in total. The van der Waals surface area contributed by atoms with Crippen LogP contribution in [0.5, 0.6) is 11.5 Å². The molecule has 0 atom stereocenters. The van der Waals surface area contributed by atoms with Crippen molar-refractivity contribution in [1.82, 2.24) is 4.83 Å². The summed E-state index contributed by atoms with van der Waals surface area (Å²) in [7, 11) is -0.945. The van der Waals surface area contributed by atoms with Crippen LogP contribution in [0, 0.1) is 13.8 Å². The van der Waals surface area contributed by atoms with Gasteiger partial charge in [0.25, 0.3) is 10.0 Å². The second-order valence-electron chi connectivity index (χ2n) is 7.51. The van der Waals surface area contributed by atoms with Gasteiger partial charge < -0.3 is 14.2 Å². The van der Waals surface area contributed by atoms with Crippen LogP contribution in [0.25, 0.3) is 0 Å². The largest absolute Gasteiger partial charge is 0.493 e. The smallest absolute Gasteiger partial charge is 0.337 e. The summed E-state index contributed by atoms with van der Waals surface area (Å²) in [5.41, 5.74) is 3.42. The summed E-state index contributed by atoms with van der Waals surface area (Å²) in [5.74, 6) is 0.572. The number of sulfonamides is 1. The number of carbonyl (C=O) groups is 1. The number of hydrazone groups is 1. The van der Waals surface area contributed by atoms with Gasteiger partial charge in [0.2, 0.25) is 0 Å². The van der Waals surface area contributed by atoms with E-state index in [1.165, 1.54) is 20.4 Å². The van der Waals surface area contributed by atoms with E-state index < -0.39 is 16.0 Å². The summed E-state index contributed by atoms with van der Waals surface area (Å²) >= 11 is 0. The summed E-state index contributed by atoms with van der Waals surface area (Å²) in [6.07, 6.45) is 1.39. The first-order valence-corrected chi connectivity index (χ1v) is 11.8. The number of hydrogen-bond donors (Lipinski definition) is 1. The molecule has 0 aliphatic heterocycles. The number of methoxy groups -OCH3 is 2. The summed E-state index contributed by atoms with van der Waals surface area (Å²) in [6, 6.07) is 17.2. The third-order valence-corrected chi connectivity index (χ3v) is 6.34. The van der Waals surface area contributed by atoms with E-state index in [9.17, 15) is 13.2 Å². The minimum Gasteiger partial charge on any atom is -0.493 e. The first kappa shape index (κ1) is 24.8. The zero-order valence-corrected chi connectivity index (χ0v) is 20.2. The Morgan fingerprint density at radius 2 is 1.71 bits per heavy atom. The predicted octanol–water partition coefficient (Wildman–Crippen LogP) is 3.99. The van der Waals surface area contributed by atoms with Crippen LogP contribution >= 0.6 is 0 Å². The van der Waals surface area contributed by atoms with Crippen LogP contribution in [0.1, 0.15) is 32.6 Å². The molecule has 0 aliphatic rings. The van der Waals surface area contributed by atoms with Gasteiger partial charge in [0, 0.05) is 0 Å². The minimum absolute atomic E-state index is 0.186. The number of esters is 1. The number of ether oxygens (including phenoxy) is 3. The molecule has 0 fully saturated rings. The number of nitrogens with one attached hydrogen (secondary N) is 1. The van der Waals surface area contributed by atoms with Crippen LogP contribution in [0.15, 0.2) is 70.7 Å². The molecule has 0 spiro atoms. The molecule has 178 valence electrons.